The number of methoxy groups -OCH3 is 1. The average Bonchev–Trinajstić information content (AvgIpc) is 2.39. The van der Waals surface area contributed by atoms with Gasteiger partial charge in [-0.25, -0.2) is 4.98 Å². The van der Waals surface area contributed by atoms with Gasteiger partial charge in [0.15, 0.2) is 0 Å². The standard InChI is InChI=1S/C13H21N3O/c1-10(2)16-6-4-11(5-7-16)12-8-14-9-13(15-12)17-3/h8-11H,4-7H2,1-3H3. The molecule has 4 heteroatoms. The summed E-state index contributed by atoms with van der Waals surface area (Å²) in [7, 11) is 1.63. The van der Waals surface area contributed by atoms with Gasteiger partial charge in [-0.1, -0.05) is 0 Å². The minimum absolute atomic E-state index is 0.535. The van der Waals surface area contributed by atoms with E-state index in [4.69, 9.17) is 4.74 Å². The van der Waals surface area contributed by atoms with Crippen molar-refractivity contribution in [2.24, 2.45) is 0 Å². The van der Waals surface area contributed by atoms with E-state index < -0.39 is 0 Å². The minimum atomic E-state index is 0.535. The summed E-state index contributed by atoms with van der Waals surface area (Å²) in [6, 6.07) is 0.646. The fourth-order valence-corrected chi connectivity index (χ4v) is 2.37. The maximum Gasteiger partial charge on any atom is 0.232 e. The Balaban J connectivity index is 2.00. The first kappa shape index (κ1) is 12.3. The van der Waals surface area contributed by atoms with Crippen LogP contribution in [0.1, 0.15) is 38.3 Å². The zero-order valence-electron chi connectivity index (χ0n) is 10.9. The third-order valence-electron chi connectivity index (χ3n) is 3.52. The molecule has 0 atom stereocenters. The number of rotatable bonds is 3. The molecular formula is C13H21N3O. The molecule has 1 aliphatic rings. The largest absolute Gasteiger partial charge is 0.480 e. The zero-order chi connectivity index (χ0) is 12.3. The van der Waals surface area contributed by atoms with Crippen molar-refractivity contribution in [3.63, 3.8) is 0 Å². The number of hydrogen-bond acceptors (Lipinski definition) is 4. The molecule has 0 unspecified atom stereocenters. The van der Waals surface area contributed by atoms with Crippen LogP contribution in [-0.4, -0.2) is 41.1 Å². The fourth-order valence-electron chi connectivity index (χ4n) is 2.37. The Bertz CT molecular complexity index is 359. The Morgan fingerprint density at radius 1 is 1.29 bits per heavy atom. The molecule has 94 valence electrons. The summed E-state index contributed by atoms with van der Waals surface area (Å²) < 4.78 is 5.12. The third-order valence-corrected chi connectivity index (χ3v) is 3.52. The number of nitrogens with zero attached hydrogens (tertiary/aromatic N) is 3. The molecule has 0 aliphatic carbocycles. The first-order chi connectivity index (χ1) is 8.20. The van der Waals surface area contributed by atoms with E-state index in [1.54, 1.807) is 13.3 Å². The molecule has 0 bridgehead atoms. The van der Waals surface area contributed by atoms with Crippen LogP contribution in [0.25, 0.3) is 0 Å². The Morgan fingerprint density at radius 3 is 2.59 bits per heavy atom. The molecular weight excluding hydrogens is 214 g/mol. The Labute approximate surface area is 103 Å². The van der Waals surface area contributed by atoms with E-state index in [0.717, 1.165) is 18.8 Å². The van der Waals surface area contributed by atoms with Crippen LogP contribution in [0.2, 0.25) is 0 Å². The van der Waals surface area contributed by atoms with Gasteiger partial charge in [0.1, 0.15) is 0 Å². The van der Waals surface area contributed by atoms with E-state index in [1.165, 1.54) is 12.8 Å². The van der Waals surface area contributed by atoms with Gasteiger partial charge < -0.3 is 9.64 Å². The summed E-state index contributed by atoms with van der Waals surface area (Å²) in [6.45, 7) is 6.82. The Kier molecular flexibility index (Phi) is 3.94. The van der Waals surface area contributed by atoms with Crippen molar-refractivity contribution in [2.45, 2.75) is 38.6 Å². The van der Waals surface area contributed by atoms with Crippen molar-refractivity contribution < 1.29 is 4.74 Å². The van der Waals surface area contributed by atoms with Crippen LogP contribution >= 0.6 is 0 Å². The van der Waals surface area contributed by atoms with Gasteiger partial charge in [0.25, 0.3) is 0 Å². The first-order valence-corrected chi connectivity index (χ1v) is 6.30. The molecule has 1 saturated heterocycles. The predicted octanol–water partition coefficient (Wildman–Crippen LogP) is 2.07. The summed E-state index contributed by atoms with van der Waals surface area (Å²) in [5.41, 5.74) is 1.08. The molecule has 0 saturated carbocycles. The second-order valence-electron chi connectivity index (χ2n) is 4.89. The molecule has 2 rings (SSSR count). The molecule has 2 heterocycles. The summed E-state index contributed by atoms with van der Waals surface area (Å²) in [5, 5.41) is 0. The lowest BCUT2D eigenvalue weighted by atomic mass is 9.93. The van der Waals surface area contributed by atoms with Gasteiger partial charge in [-0.05, 0) is 39.8 Å². The normalized spacial score (nSPS) is 18.6. The maximum absolute atomic E-state index is 5.12. The van der Waals surface area contributed by atoms with E-state index in [0.29, 0.717) is 17.8 Å². The van der Waals surface area contributed by atoms with Gasteiger partial charge in [0.2, 0.25) is 5.88 Å². The maximum atomic E-state index is 5.12. The highest BCUT2D eigenvalue weighted by atomic mass is 16.5. The minimum Gasteiger partial charge on any atom is -0.480 e. The van der Waals surface area contributed by atoms with Gasteiger partial charge in [0.05, 0.1) is 19.0 Å². The van der Waals surface area contributed by atoms with Crippen LogP contribution in [0, 0.1) is 0 Å². The first-order valence-electron chi connectivity index (χ1n) is 6.30. The fraction of sp³-hybridized carbons (Fsp3) is 0.692. The highest BCUT2D eigenvalue weighted by Crippen LogP contribution is 2.27. The van der Waals surface area contributed by atoms with E-state index in [2.05, 4.69) is 28.7 Å². The molecule has 0 N–H and O–H groups in total. The van der Waals surface area contributed by atoms with Gasteiger partial charge in [-0.15, -0.1) is 0 Å². The monoisotopic (exact) mass is 235 g/mol. The molecule has 1 aromatic rings. The van der Waals surface area contributed by atoms with Crippen molar-refractivity contribution in [3.8, 4) is 5.88 Å². The number of hydrogen-bond donors (Lipinski definition) is 0. The van der Waals surface area contributed by atoms with E-state index >= 15 is 0 Å². The zero-order valence-corrected chi connectivity index (χ0v) is 10.9. The summed E-state index contributed by atoms with van der Waals surface area (Å²) in [5.74, 6) is 1.15. The SMILES string of the molecule is COc1cncc(C2CCN(C(C)C)CC2)n1. The van der Waals surface area contributed by atoms with Crippen LogP contribution < -0.4 is 4.74 Å². The molecule has 0 spiro atoms. The van der Waals surface area contributed by atoms with E-state index in [-0.39, 0.29) is 0 Å². The lowest BCUT2D eigenvalue weighted by molar-refractivity contribution is 0.170. The van der Waals surface area contributed by atoms with Crippen molar-refractivity contribution in [1.82, 2.24) is 14.9 Å². The molecule has 0 radical (unpaired) electrons. The van der Waals surface area contributed by atoms with Gasteiger partial charge in [0, 0.05) is 18.2 Å². The van der Waals surface area contributed by atoms with Gasteiger partial charge in [-0.2, -0.15) is 0 Å². The molecule has 17 heavy (non-hydrogen) atoms. The van der Waals surface area contributed by atoms with Crippen molar-refractivity contribution >= 4 is 0 Å². The second-order valence-corrected chi connectivity index (χ2v) is 4.89. The Morgan fingerprint density at radius 2 is 2.00 bits per heavy atom. The van der Waals surface area contributed by atoms with Crippen molar-refractivity contribution in [3.05, 3.63) is 18.1 Å². The molecule has 1 aliphatic heterocycles. The second kappa shape index (κ2) is 5.45. The van der Waals surface area contributed by atoms with E-state index in [9.17, 15) is 0 Å². The van der Waals surface area contributed by atoms with Crippen LogP contribution in [0.3, 0.4) is 0 Å². The summed E-state index contributed by atoms with van der Waals surface area (Å²) in [6.07, 6.45) is 5.87. The van der Waals surface area contributed by atoms with Gasteiger partial charge in [-0.3, -0.25) is 4.98 Å². The summed E-state index contributed by atoms with van der Waals surface area (Å²) in [4.78, 5) is 11.2. The average molecular weight is 235 g/mol. The highest BCUT2D eigenvalue weighted by molar-refractivity contribution is 5.12. The van der Waals surface area contributed by atoms with E-state index in [1.807, 2.05) is 6.20 Å². The van der Waals surface area contributed by atoms with Crippen LogP contribution in [0.5, 0.6) is 5.88 Å². The topological polar surface area (TPSA) is 38.2 Å². The Hall–Kier alpha value is -1.16. The molecule has 0 amide bonds. The van der Waals surface area contributed by atoms with Gasteiger partial charge >= 0.3 is 0 Å². The number of likely N-dealkylation sites (tertiary alicyclic amines) is 1. The quantitative estimate of drug-likeness (QED) is 0.804. The lowest BCUT2D eigenvalue weighted by Crippen LogP contribution is -2.38. The third kappa shape index (κ3) is 2.94. The summed E-state index contributed by atoms with van der Waals surface area (Å²) >= 11 is 0. The number of ether oxygens (including phenoxy) is 1. The van der Waals surface area contributed by atoms with Crippen molar-refractivity contribution in [1.29, 1.82) is 0 Å². The highest BCUT2D eigenvalue weighted by Gasteiger charge is 2.23. The van der Waals surface area contributed by atoms with Crippen LogP contribution in [-0.2, 0) is 0 Å². The molecule has 1 aromatic heterocycles. The number of piperidine rings is 1. The van der Waals surface area contributed by atoms with Crippen molar-refractivity contribution in [2.75, 3.05) is 20.2 Å². The van der Waals surface area contributed by atoms with Crippen LogP contribution in [0.4, 0.5) is 0 Å². The smallest absolute Gasteiger partial charge is 0.232 e. The molecule has 1 fully saturated rings. The lowest BCUT2D eigenvalue weighted by Gasteiger charge is -2.34. The van der Waals surface area contributed by atoms with Crippen LogP contribution in [0.15, 0.2) is 12.4 Å². The molecule has 4 nitrogen and oxygen atoms in total. The number of aromatic nitrogens is 2. The molecule has 0 aromatic carbocycles. The predicted molar refractivity (Wildman–Crippen MR) is 67.3 cm³/mol.